The molecule has 1 saturated heterocycles. The van der Waals surface area contributed by atoms with Crippen LogP contribution < -0.4 is 10.2 Å². The van der Waals surface area contributed by atoms with Crippen molar-refractivity contribution in [1.29, 1.82) is 0 Å². The molecule has 9 nitrogen and oxygen atoms in total. The summed E-state index contributed by atoms with van der Waals surface area (Å²) in [5, 5.41) is 2.59. The maximum Gasteiger partial charge on any atom is 0.501 e. The van der Waals surface area contributed by atoms with E-state index in [1.165, 1.54) is 37.4 Å². The van der Waals surface area contributed by atoms with Crippen molar-refractivity contribution in [3.63, 3.8) is 0 Å². The van der Waals surface area contributed by atoms with Crippen LogP contribution in [0.2, 0.25) is 0 Å². The van der Waals surface area contributed by atoms with Crippen molar-refractivity contribution in [3.05, 3.63) is 78.6 Å². The second-order valence-electron chi connectivity index (χ2n) is 8.45. The van der Waals surface area contributed by atoms with Gasteiger partial charge in [0.25, 0.3) is 15.7 Å². The van der Waals surface area contributed by atoms with E-state index in [9.17, 15) is 36.0 Å². The van der Waals surface area contributed by atoms with Crippen LogP contribution in [0.4, 0.5) is 23.7 Å². The maximum absolute atomic E-state index is 13.1. The number of fused-ring (bicyclic) bond motifs is 1. The Kier molecular flexibility index (Phi) is 6.98. The topological polar surface area (TPSA) is 117 Å². The van der Waals surface area contributed by atoms with Gasteiger partial charge in [-0.2, -0.15) is 13.2 Å². The summed E-state index contributed by atoms with van der Waals surface area (Å²) < 4.78 is 61.3. The molecule has 2 aromatic rings. The van der Waals surface area contributed by atoms with Crippen LogP contribution in [0.25, 0.3) is 11.1 Å². The highest BCUT2D eigenvalue weighted by molar-refractivity contribution is 7.92. The Morgan fingerprint density at radius 1 is 1.00 bits per heavy atom. The highest BCUT2D eigenvalue weighted by Gasteiger charge is 2.49. The number of sulfone groups is 1. The Morgan fingerprint density at radius 2 is 1.58 bits per heavy atom. The van der Waals surface area contributed by atoms with Crippen molar-refractivity contribution in [2.24, 2.45) is 0 Å². The third kappa shape index (κ3) is 5.09. The fourth-order valence-electron chi connectivity index (χ4n) is 3.89. The van der Waals surface area contributed by atoms with Gasteiger partial charge in [-0.05, 0) is 66.1 Å². The van der Waals surface area contributed by atoms with Crippen LogP contribution in [-0.2, 0) is 19.4 Å². The maximum atomic E-state index is 13.1. The van der Waals surface area contributed by atoms with Crippen LogP contribution in [0.15, 0.2) is 78.0 Å². The normalized spacial score (nSPS) is 17.0. The molecule has 1 aromatic heterocycles. The minimum atomic E-state index is -5.58. The van der Waals surface area contributed by atoms with E-state index in [4.69, 9.17) is 0 Å². The third-order valence-electron chi connectivity index (χ3n) is 5.87. The number of carbonyl (C=O) groups excluding carboxylic acids is 3. The van der Waals surface area contributed by atoms with E-state index in [0.29, 0.717) is 22.6 Å². The SMILES string of the molecule is CC(=O)NC(c1ccncc1)N1C(=O)N(c2ccc(S(=O)(=O)C(F)(F)F)cc2)C(=O)C1C.c1cc2cc-2c1. The van der Waals surface area contributed by atoms with Gasteiger partial charge in [0.1, 0.15) is 12.2 Å². The summed E-state index contributed by atoms with van der Waals surface area (Å²) in [4.78, 5) is 42.4. The number of aromatic nitrogens is 1. The second-order valence-corrected chi connectivity index (χ2v) is 10.4. The molecule has 0 spiro atoms. The molecule has 3 aliphatic rings. The number of alkyl halides is 3. The van der Waals surface area contributed by atoms with Crippen LogP contribution >= 0.6 is 0 Å². The van der Waals surface area contributed by atoms with E-state index in [2.05, 4.69) is 34.6 Å². The summed E-state index contributed by atoms with van der Waals surface area (Å²) in [6, 6.07) is 12.9. The number of amides is 4. The lowest BCUT2D eigenvalue weighted by molar-refractivity contribution is -0.123. The predicted octanol–water partition coefficient (Wildman–Crippen LogP) is 4.03. The standard InChI is InChI=1S/C19H17F3N4O5S.C6H4/c1-11-17(28)26(14-3-5-15(6-4-14)32(30,31)19(20,21)22)18(29)25(11)16(24-12(2)27)13-7-9-23-10-8-13;1-2-5-4-6(5)3-1/h3-11,16H,1-2H3,(H,24,27);1-4H. The molecule has 38 heavy (non-hydrogen) atoms. The van der Waals surface area contributed by atoms with Gasteiger partial charge >= 0.3 is 11.5 Å². The van der Waals surface area contributed by atoms with Gasteiger partial charge in [0.05, 0.1) is 10.6 Å². The molecule has 4 amide bonds. The van der Waals surface area contributed by atoms with E-state index >= 15 is 0 Å². The predicted molar refractivity (Wildman–Crippen MR) is 130 cm³/mol. The lowest BCUT2D eigenvalue weighted by Gasteiger charge is -2.30. The molecule has 2 heterocycles. The fourth-order valence-corrected chi connectivity index (χ4v) is 4.65. The van der Waals surface area contributed by atoms with Crippen molar-refractivity contribution in [2.45, 2.75) is 36.5 Å². The molecule has 13 heteroatoms. The van der Waals surface area contributed by atoms with E-state index in [0.717, 1.165) is 17.0 Å². The lowest BCUT2D eigenvalue weighted by Crippen LogP contribution is -2.45. The number of anilines is 1. The van der Waals surface area contributed by atoms with Crippen molar-refractivity contribution in [1.82, 2.24) is 15.2 Å². The van der Waals surface area contributed by atoms with Crippen molar-refractivity contribution >= 4 is 33.4 Å². The first kappa shape index (κ1) is 26.8. The number of urea groups is 1. The highest BCUT2D eigenvalue weighted by Crippen LogP contribution is 2.35. The van der Waals surface area contributed by atoms with Crippen LogP contribution in [0, 0.1) is 0 Å². The Labute approximate surface area is 215 Å². The number of benzene rings is 2. The van der Waals surface area contributed by atoms with Gasteiger partial charge in [0.2, 0.25) is 5.91 Å². The van der Waals surface area contributed by atoms with Crippen LogP contribution in [-0.4, -0.2) is 47.7 Å². The van der Waals surface area contributed by atoms with Crippen LogP contribution in [0.5, 0.6) is 0 Å². The summed E-state index contributed by atoms with van der Waals surface area (Å²) in [6.45, 7) is 2.66. The molecule has 2 aliphatic carbocycles. The molecule has 2 unspecified atom stereocenters. The second kappa shape index (κ2) is 9.89. The average molecular weight is 547 g/mol. The number of carbonyl (C=O) groups is 3. The van der Waals surface area contributed by atoms with Gasteiger partial charge in [-0.3, -0.25) is 19.5 Å². The van der Waals surface area contributed by atoms with Crippen molar-refractivity contribution in [3.8, 4) is 11.1 Å². The number of nitrogens with one attached hydrogen (secondary N) is 1. The molecule has 198 valence electrons. The number of pyridine rings is 1. The zero-order valence-electron chi connectivity index (χ0n) is 20.0. The fraction of sp³-hybridized carbons (Fsp3) is 0.200. The van der Waals surface area contributed by atoms with E-state index in [1.54, 1.807) is 12.1 Å². The number of rotatable bonds is 5. The van der Waals surface area contributed by atoms with Crippen molar-refractivity contribution < 1.29 is 36.0 Å². The molecule has 0 bridgehead atoms. The minimum Gasteiger partial charge on any atom is -0.332 e. The summed E-state index contributed by atoms with van der Waals surface area (Å²) in [7, 11) is -5.58. The monoisotopic (exact) mass is 546 g/mol. The average Bonchev–Trinajstić information content (AvgIpc) is 3.39. The van der Waals surface area contributed by atoms with Gasteiger partial charge in [-0.15, -0.1) is 0 Å². The smallest absolute Gasteiger partial charge is 0.332 e. The van der Waals surface area contributed by atoms with Gasteiger partial charge in [-0.25, -0.2) is 18.1 Å². The van der Waals surface area contributed by atoms with Crippen LogP contribution in [0.1, 0.15) is 25.6 Å². The Morgan fingerprint density at radius 3 is 2.03 bits per heavy atom. The molecular weight excluding hydrogens is 525 g/mol. The summed E-state index contributed by atoms with van der Waals surface area (Å²) in [5.41, 5.74) is -2.29. The Hall–Kier alpha value is -4.26. The number of hydrogen-bond donors (Lipinski definition) is 1. The Balaban J connectivity index is 0.000000483. The number of imide groups is 1. The van der Waals surface area contributed by atoms with Gasteiger partial charge in [-0.1, -0.05) is 18.2 Å². The zero-order chi connectivity index (χ0) is 27.8. The van der Waals surface area contributed by atoms with E-state index in [1.807, 2.05) is 0 Å². The van der Waals surface area contributed by atoms with Gasteiger partial charge < -0.3 is 5.32 Å². The number of hydrogen-bond acceptors (Lipinski definition) is 6. The number of nitrogens with zero attached hydrogens (tertiary/aromatic N) is 3. The first-order valence-electron chi connectivity index (χ1n) is 11.2. The largest absolute Gasteiger partial charge is 0.501 e. The summed E-state index contributed by atoms with van der Waals surface area (Å²) in [6.07, 6.45) is 1.86. The van der Waals surface area contributed by atoms with E-state index in [-0.39, 0.29) is 5.69 Å². The molecule has 5 rings (SSSR count). The summed E-state index contributed by atoms with van der Waals surface area (Å²) >= 11 is 0. The minimum absolute atomic E-state index is 0.119. The van der Waals surface area contributed by atoms with Crippen molar-refractivity contribution in [2.75, 3.05) is 4.90 Å². The number of halogens is 3. The first-order valence-corrected chi connectivity index (χ1v) is 12.7. The lowest BCUT2D eigenvalue weighted by atomic mass is 10.1. The molecule has 1 N–H and O–H groups in total. The molecule has 1 aliphatic heterocycles. The first-order chi connectivity index (χ1) is 17.8. The third-order valence-corrected chi connectivity index (χ3v) is 7.37. The quantitative estimate of drug-likeness (QED) is 0.378. The molecule has 0 saturated carbocycles. The molecule has 0 radical (unpaired) electrons. The van der Waals surface area contributed by atoms with Crippen LogP contribution in [0.3, 0.4) is 0 Å². The van der Waals surface area contributed by atoms with E-state index < -0.39 is 50.3 Å². The summed E-state index contributed by atoms with van der Waals surface area (Å²) in [5.74, 6) is -1.18. The molecule has 2 atom stereocenters. The zero-order valence-corrected chi connectivity index (χ0v) is 20.8. The van der Waals surface area contributed by atoms with Gasteiger partial charge in [0.15, 0.2) is 0 Å². The molecule has 1 aromatic carbocycles. The molecular formula is C25H21F3N4O5S. The Bertz CT molecular complexity index is 1480. The van der Waals surface area contributed by atoms with Gasteiger partial charge in [0, 0.05) is 19.3 Å². The highest BCUT2D eigenvalue weighted by atomic mass is 32.2. The molecule has 1 fully saturated rings.